The second-order valence-corrected chi connectivity index (χ2v) is 6.35. The topological polar surface area (TPSA) is 28.2 Å². The first-order valence-corrected chi connectivity index (χ1v) is 7.98. The van der Waals surface area contributed by atoms with Crippen LogP contribution in [0.3, 0.4) is 0 Å². The van der Waals surface area contributed by atoms with Crippen LogP contribution in [0.5, 0.6) is 0 Å². The Balaban J connectivity index is 2.05. The molecule has 0 amide bonds. The molecule has 0 radical (unpaired) electrons. The smallest absolute Gasteiger partial charge is 0.136 e. The summed E-state index contributed by atoms with van der Waals surface area (Å²) in [5.41, 5.74) is 1.27. The van der Waals surface area contributed by atoms with Crippen molar-refractivity contribution in [1.82, 2.24) is 10.3 Å². The average molecular weight is 283 g/mol. The van der Waals surface area contributed by atoms with Gasteiger partial charge in [0.15, 0.2) is 0 Å². The summed E-state index contributed by atoms with van der Waals surface area (Å²) >= 11 is 0. The first-order chi connectivity index (χ1) is 10.2. The summed E-state index contributed by atoms with van der Waals surface area (Å²) in [6.07, 6.45) is 4.56. The number of benzene rings is 1. The Hall–Kier alpha value is -1.61. The second-order valence-electron chi connectivity index (χ2n) is 6.35. The van der Waals surface area contributed by atoms with Crippen LogP contribution in [0.2, 0.25) is 0 Å². The van der Waals surface area contributed by atoms with E-state index in [-0.39, 0.29) is 0 Å². The molecule has 112 valence electrons. The van der Waals surface area contributed by atoms with Crippen LogP contribution in [-0.4, -0.2) is 24.6 Å². The molecule has 0 spiro atoms. The normalized spacial score (nSPS) is 22.7. The molecule has 21 heavy (non-hydrogen) atoms. The molecular weight excluding hydrogens is 258 g/mol. The molecule has 3 heteroatoms. The third-order valence-corrected chi connectivity index (χ3v) is 4.63. The number of pyridine rings is 1. The first kappa shape index (κ1) is 14.3. The van der Waals surface area contributed by atoms with Gasteiger partial charge < -0.3 is 10.2 Å². The molecule has 1 aliphatic rings. The first-order valence-electron chi connectivity index (χ1n) is 7.98. The van der Waals surface area contributed by atoms with Gasteiger partial charge in [0.05, 0.1) is 0 Å². The lowest BCUT2D eigenvalue weighted by molar-refractivity contribution is 0.376. The number of rotatable bonds is 3. The van der Waals surface area contributed by atoms with E-state index in [4.69, 9.17) is 4.98 Å². The van der Waals surface area contributed by atoms with Crippen molar-refractivity contribution in [3.8, 4) is 0 Å². The molecule has 2 aromatic rings. The van der Waals surface area contributed by atoms with Crippen molar-refractivity contribution in [3.05, 3.63) is 36.0 Å². The van der Waals surface area contributed by atoms with Crippen LogP contribution in [-0.2, 0) is 6.54 Å². The van der Waals surface area contributed by atoms with E-state index >= 15 is 0 Å². The van der Waals surface area contributed by atoms with E-state index in [2.05, 4.69) is 48.3 Å². The summed E-state index contributed by atoms with van der Waals surface area (Å²) in [5, 5.41) is 5.84. The highest BCUT2D eigenvalue weighted by molar-refractivity contribution is 5.94. The van der Waals surface area contributed by atoms with Gasteiger partial charge in [-0.3, -0.25) is 0 Å². The Labute approximate surface area is 127 Å². The fraction of sp³-hybridized carbons (Fsp3) is 0.500. The molecule has 3 rings (SSSR count). The zero-order valence-corrected chi connectivity index (χ0v) is 13.3. The van der Waals surface area contributed by atoms with E-state index in [1.54, 1.807) is 0 Å². The summed E-state index contributed by atoms with van der Waals surface area (Å²) in [6, 6.07) is 9.23. The average Bonchev–Trinajstić information content (AvgIpc) is 2.49. The predicted molar refractivity (Wildman–Crippen MR) is 89.7 cm³/mol. The quantitative estimate of drug-likeness (QED) is 0.933. The summed E-state index contributed by atoms with van der Waals surface area (Å²) in [7, 11) is 1.98. The van der Waals surface area contributed by atoms with Gasteiger partial charge in [-0.25, -0.2) is 4.98 Å². The van der Waals surface area contributed by atoms with Gasteiger partial charge in [0.25, 0.3) is 0 Å². The molecule has 2 unspecified atom stereocenters. The van der Waals surface area contributed by atoms with E-state index in [1.165, 1.54) is 29.2 Å². The molecule has 3 nitrogen and oxygen atoms in total. The third-order valence-electron chi connectivity index (χ3n) is 4.63. The minimum absolute atomic E-state index is 0.569. The number of piperidine rings is 1. The second kappa shape index (κ2) is 6.02. The Morgan fingerprint density at radius 3 is 2.71 bits per heavy atom. The largest absolute Gasteiger partial charge is 0.353 e. The van der Waals surface area contributed by atoms with Crippen molar-refractivity contribution >= 4 is 16.6 Å². The number of aromatic nitrogens is 1. The van der Waals surface area contributed by atoms with Crippen molar-refractivity contribution in [2.24, 2.45) is 5.92 Å². The van der Waals surface area contributed by atoms with Gasteiger partial charge in [-0.05, 0) is 43.7 Å². The maximum absolute atomic E-state index is 4.81. The molecule has 1 aromatic carbocycles. The Bertz CT molecular complexity index is 623. The van der Waals surface area contributed by atoms with Gasteiger partial charge in [0, 0.05) is 30.7 Å². The molecule has 1 aliphatic heterocycles. The number of anilines is 1. The SMILES string of the molecule is CNCc1cnc(N2CCC(C)CC2C)c2ccccc12. The third kappa shape index (κ3) is 2.75. The summed E-state index contributed by atoms with van der Waals surface area (Å²) < 4.78 is 0. The molecule has 2 heterocycles. The van der Waals surface area contributed by atoms with Crippen molar-refractivity contribution in [3.63, 3.8) is 0 Å². The van der Waals surface area contributed by atoms with Crippen molar-refractivity contribution < 1.29 is 0 Å². The highest BCUT2D eigenvalue weighted by atomic mass is 15.2. The van der Waals surface area contributed by atoms with Gasteiger partial charge in [0.1, 0.15) is 5.82 Å². The molecule has 0 saturated carbocycles. The fourth-order valence-electron chi connectivity index (χ4n) is 3.52. The molecule has 1 fully saturated rings. The lowest BCUT2D eigenvalue weighted by Crippen LogP contribution is -2.40. The summed E-state index contributed by atoms with van der Waals surface area (Å²) in [6.45, 7) is 6.66. The molecular formula is C18H25N3. The number of nitrogens with one attached hydrogen (secondary N) is 1. The van der Waals surface area contributed by atoms with Crippen LogP contribution >= 0.6 is 0 Å². The number of fused-ring (bicyclic) bond motifs is 1. The van der Waals surface area contributed by atoms with Crippen molar-refractivity contribution in [2.75, 3.05) is 18.5 Å². The minimum atomic E-state index is 0.569. The van der Waals surface area contributed by atoms with E-state index in [0.717, 1.165) is 24.8 Å². The highest BCUT2D eigenvalue weighted by Gasteiger charge is 2.25. The number of hydrogen-bond acceptors (Lipinski definition) is 3. The standard InChI is InChI=1S/C18H25N3/c1-13-8-9-21(14(2)10-13)18-17-7-5-4-6-16(17)15(11-19-3)12-20-18/h4-7,12-14,19H,8-11H2,1-3H3. The monoisotopic (exact) mass is 283 g/mol. The summed E-state index contributed by atoms with van der Waals surface area (Å²) in [5.74, 6) is 1.98. The van der Waals surface area contributed by atoms with Crippen LogP contribution in [0.4, 0.5) is 5.82 Å². The molecule has 1 saturated heterocycles. The van der Waals surface area contributed by atoms with Crippen LogP contribution in [0.25, 0.3) is 10.8 Å². The minimum Gasteiger partial charge on any atom is -0.353 e. The van der Waals surface area contributed by atoms with Crippen LogP contribution in [0.15, 0.2) is 30.5 Å². The molecule has 1 N–H and O–H groups in total. The molecule has 0 bridgehead atoms. The van der Waals surface area contributed by atoms with Gasteiger partial charge in [-0.1, -0.05) is 31.2 Å². The van der Waals surface area contributed by atoms with Crippen molar-refractivity contribution in [2.45, 2.75) is 39.3 Å². The lowest BCUT2D eigenvalue weighted by atomic mass is 9.93. The van der Waals surface area contributed by atoms with Crippen LogP contribution in [0, 0.1) is 5.92 Å². The maximum Gasteiger partial charge on any atom is 0.136 e. The Morgan fingerprint density at radius 1 is 1.24 bits per heavy atom. The Kier molecular flexibility index (Phi) is 4.11. The number of nitrogens with zero attached hydrogens (tertiary/aromatic N) is 2. The van der Waals surface area contributed by atoms with Crippen molar-refractivity contribution in [1.29, 1.82) is 0 Å². The van der Waals surface area contributed by atoms with Gasteiger partial charge in [-0.2, -0.15) is 0 Å². The van der Waals surface area contributed by atoms with Gasteiger partial charge >= 0.3 is 0 Å². The fourth-order valence-corrected chi connectivity index (χ4v) is 3.52. The zero-order chi connectivity index (χ0) is 14.8. The van der Waals surface area contributed by atoms with Crippen LogP contribution in [0.1, 0.15) is 32.3 Å². The molecule has 0 aliphatic carbocycles. The van der Waals surface area contributed by atoms with E-state index in [9.17, 15) is 0 Å². The molecule has 2 atom stereocenters. The number of hydrogen-bond donors (Lipinski definition) is 1. The van der Waals surface area contributed by atoms with E-state index < -0.39 is 0 Å². The van der Waals surface area contributed by atoms with E-state index in [1.807, 2.05) is 13.2 Å². The Morgan fingerprint density at radius 2 is 2.00 bits per heavy atom. The predicted octanol–water partition coefficient (Wildman–Crippen LogP) is 3.58. The zero-order valence-electron chi connectivity index (χ0n) is 13.3. The van der Waals surface area contributed by atoms with Crippen LogP contribution < -0.4 is 10.2 Å². The highest BCUT2D eigenvalue weighted by Crippen LogP contribution is 2.32. The maximum atomic E-state index is 4.81. The van der Waals surface area contributed by atoms with Gasteiger partial charge in [0.2, 0.25) is 0 Å². The lowest BCUT2D eigenvalue weighted by Gasteiger charge is -2.38. The van der Waals surface area contributed by atoms with Gasteiger partial charge in [-0.15, -0.1) is 0 Å². The molecule has 1 aromatic heterocycles. The summed E-state index contributed by atoms with van der Waals surface area (Å²) in [4.78, 5) is 7.30. The van der Waals surface area contributed by atoms with E-state index in [0.29, 0.717) is 6.04 Å².